The van der Waals surface area contributed by atoms with E-state index in [1.807, 2.05) is 0 Å². The Kier molecular flexibility index (Phi) is 11.0. The van der Waals surface area contributed by atoms with Crippen LogP contribution in [0.3, 0.4) is 0 Å². The van der Waals surface area contributed by atoms with E-state index in [-0.39, 0.29) is 12.8 Å². The summed E-state index contributed by atoms with van der Waals surface area (Å²) >= 11 is 0. The highest BCUT2D eigenvalue weighted by Crippen LogP contribution is 2.32. The molecule has 3 fully saturated rings. The highest BCUT2D eigenvalue weighted by molar-refractivity contribution is 4.98. The second-order valence-corrected chi connectivity index (χ2v) is 9.22. The van der Waals surface area contributed by atoms with Crippen molar-refractivity contribution in [2.24, 2.45) is 0 Å². The van der Waals surface area contributed by atoms with Crippen LogP contribution in [0, 0.1) is 12.3 Å². The Balaban J connectivity index is 1.70. The molecule has 15 nitrogen and oxygen atoms in total. The van der Waals surface area contributed by atoms with Gasteiger partial charge in [0.2, 0.25) is 0 Å². The largest absolute Gasteiger partial charge is 0.394 e. The summed E-state index contributed by atoms with van der Waals surface area (Å²) in [5, 5.41) is 101. The third kappa shape index (κ3) is 6.41. The van der Waals surface area contributed by atoms with Gasteiger partial charge in [-0.25, -0.2) is 0 Å². The molecule has 0 aromatic carbocycles. The highest BCUT2D eigenvalue weighted by atomic mass is 16.7. The molecule has 3 aliphatic heterocycles. The van der Waals surface area contributed by atoms with E-state index in [0.717, 1.165) is 0 Å². The van der Waals surface area contributed by atoms with Gasteiger partial charge >= 0.3 is 0 Å². The molecule has 0 amide bonds. The van der Waals surface area contributed by atoms with E-state index in [1.54, 1.807) is 0 Å². The van der Waals surface area contributed by atoms with Crippen molar-refractivity contribution in [2.45, 2.75) is 105 Å². The Hall–Kier alpha value is -1.04. The zero-order valence-corrected chi connectivity index (χ0v) is 19.8. The van der Waals surface area contributed by atoms with Crippen LogP contribution in [0.15, 0.2) is 0 Å². The molecule has 6 unspecified atom stereocenters. The zero-order chi connectivity index (χ0) is 27.4. The number of hydrogen-bond donors (Lipinski definition) is 10. The summed E-state index contributed by atoms with van der Waals surface area (Å²) in [6, 6.07) is 0. The highest BCUT2D eigenvalue weighted by Gasteiger charge is 2.53. The molecular weight excluding hydrogens is 504 g/mol. The number of ether oxygens (including phenoxy) is 5. The van der Waals surface area contributed by atoms with Crippen molar-refractivity contribution < 1.29 is 74.7 Å². The van der Waals surface area contributed by atoms with Gasteiger partial charge < -0.3 is 74.7 Å². The Morgan fingerprint density at radius 3 is 1.49 bits per heavy atom. The van der Waals surface area contributed by atoms with Gasteiger partial charge in [0.25, 0.3) is 0 Å². The minimum Gasteiger partial charge on any atom is -0.394 e. The number of hydrogen-bond acceptors (Lipinski definition) is 15. The molecule has 3 aliphatic rings. The topological polar surface area (TPSA) is 248 Å². The summed E-state index contributed by atoms with van der Waals surface area (Å²) in [5.41, 5.74) is 0. The van der Waals surface area contributed by atoms with Crippen molar-refractivity contribution in [2.75, 3.05) is 19.8 Å². The summed E-state index contributed by atoms with van der Waals surface area (Å²) in [6.07, 6.45) is -17.5. The second-order valence-electron chi connectivity index (χ2n) is 9.22. The lowest BCUT2D eigenvalue weighted by molar-refractivity contribution is -0.372. The minimum atomic E-state index is -1.87. The molecule has 0 spiro atoms. The van der Waals surface area contributed by atoms with E-state index in [0.29, 0.717) is 0 Å². The van der Waals surface area contributed by atoms with E-state index in [1.165, 1.54) is 0 Å². The molecule has 10 N–H and O–H groups in total. The summed E-state index contributed by atoms with van der Waals surface area (Å²) in [4.78, 5) is 0. The van der Waals surface area contributed by atoms with Crippen molar-refractivity contribution >= 4 is 0 Å². The third-order valence-corrected chi connectivity index (χ3v) is 6.79. The van der Waals surface area contributed by atoms with Crippen molar-refractivity contribution in [3.05, 3.63) is 0 Å². The van der Waals surface area contributed by atoms with E-state index < -0.39 is 112 Å². The molecule has 0 bridgehead atoms. The van der Waals surface area contributed by atoms with Gasteiger partial charge in [0.15, 0.2) is 12.6 Å². The first-order chi connectivity index (χ1) is 17.6. The van der Waals surface area contributed by atoms with Gasteiger partial charge in [0.05, 0.1) is 25.9 Å². The summed E-state index contributed by atoms with van der Waals surface area (Å²) in [6.45, 7) is -2.17. The van der Waals surface area contributed by atoms with Crippen LogP contribution in [-0.2, 0) is 23.7 Å². The molecule has 0 aromatic heterocycles. The maximum atomic E-state index is 10.7. The van der Waals surface area contributed by atoms with Gasteiger partial charge in [0.1, 0.15) is 73.2 Å². The lowest BCUT2D eigenvalue weighted by Crippen LogP contribution is -2.66. The Morgan fingerprint density at radius 1 is 0.541 bits per heavy atom. The molecule has 0 aliphatic carbocycles. The number of rotatable bonds is 9. The molecule has 0 saturated carbocycles. The van der Waals surface area contributed by atoms with Crippen molar-refractivity contribution in [1.29, 1.82) is 0 Å². The van der Waals surface area contributed by atoms with Gasteiger partial charge in [-0.2, -0.15) is 0 Å². The normalized spacial score (nSPS) is 48.9. The fourth-order valence-corrected chi connectivity index (χ4v) is 4.62. The molecule has 214 valence electrons. The van der Waals surface area contributed by atoms with E-state index in [2.05, 4.69) is 5.92 Å². The lowest BCUT2D eigenvalue weighted by Gasteiger charge is -2.48. The molecule has 3 rings (SSSR count). The summed E-state index contributed by atoms with van der Waals surface area (Å²) < 4.78 is 27.4. The van der Waals surface area contributed by atoms with Gasteiger partial charge in [0, 0.05) is 6.42 Å². The monoisotopic (exact) mass is 540 g/mol. The predicted molar refractivity (Wildman–Crippen MR) is 117 cm³/mol. The maximum Gasteiger partial charge on any atom is 0.187 e. The molecule has 3 saturated heterocycles. The average Bonchev–Trinajstić information content (AvgIpc) is 2.90. The van der Waals surface area contributed by atoms with Gasteiger partial charge in [-0.3, -0.25) is 0 Å². The van der Waals surface area contributed by atoms with Crippen LogP contribution >= 0.6 is 0 Å². The Morgan fingerprint density at radius 2 is 0.973 bits per heavy atom. The lowest BCUT2D eigenvalue weighted by atomic mass is 9.92. The van der Waals surface area contributed by atoms with E-state index >= 15 is 0 Å². The molecule has 3 heterocycles. The fraction of sp³-hybridized carbons (Fsp3) is 0.909. The van der Waals surface area contributed by atoms with Crippen LogP contribution in [-0.4, -0.2) is 163 Å². The van der Waals surface area contributed by atoms with Crippen molar-refractivity contribution in [1.82, 2.24) is 0 Å². The van der Waals surface area contributed by atoms with Crippen LogP contribution in [0.1, 0.15) is 12.8 Å². The standard InChI is InChI=1S/C22H36O15/c1-2-3-4-8-12(26)15(29)19(10(6-24)33-8)36-22-18(32)16(30)20(11(7-25)35-22)37-21-17(31)14(28)13(27)9(5-23)34-21/h1,8-32H,3-7H2/t8-,9?,10?,11?,12?,13+,14-,15+,16+,17?,18?,19+,20+,21+,22+/m0/s1. The van der Waals surface area contributed by atoms with Crippen molar-refractivity contribution in [3.63, 3.8) is 0 Å². The maximum absolute atomic E-state index is 10.7. The number of aliphatic hydroxyl groups excluding tert-OH is 10. The Labute approximate surface area is 212 Å². The average molecular weight is 541 g/mol. The SMILES string of the molecule is C#CCC[C@@H]1OC(CO)[C@@H](O[C@H]2OC(CO)[C@@H](O[C@H]3OC(CO)[C@@H](O)[C@H](O)C3O)[C@H](O)C2O)[C@H](O)C1O. The fourth-order valence-electron chi connectivity index (χ4n) is 4.62. The van der Waals surface area contributed by atoms with Crippen LogP contribution in [0.25, 0.3) is 0 Å². The number of terminal acetylenes is 1. The van der Waals surface area contributed by atoms with Crippen molar-refractivity contribution in [3.8, 4) is 12.3 Å². The van der Waals surface area contributed by atoms with Gasteiger partial charge in [-0.05, 0) is 6.42 Å². The number of aliphatic hydroxyl groups is 10. The van der Waals surface area contributed by atoms with Gasteiger partial charge in [-0.1, -0.05) is 0 Å². The first-order valence-corrected chi connectivity index (χ1v) is 11.9. The third-order valence-electron chi connectivity index (χ3n) is 6.79. The molecule has 0 radical (unpaired) electrons. The van der Waals surface area contributed by atoms with Crippen LogP contribution in [0.2, 0.25) is 0 Å². The van der Waals surface area contributed by atoms with E-state index in [4.69, 9.17) is 30.1 Å². The Bertz CT molecular complexity index is 744. The quantitative estimate of drug-likeness (QED) is 0.122. The molecule has 0 aromatic rings. The minimum absolute atomic E-state index is 0.197. The van der Waals surface area contributed by atoms with Crippen LogP contribution in [0.4, 0.5) is 0 Å². The predicted octanol–water partition coefficient (Wildman–Crippen LogP) is -6.11. The molecule has 15 heteroatoms. The first kappa shape index (κ1) is 30.5. The second kappa shape index (κ2) is 13.3. The summed E-state index contributed by atoms with van der Waals surface area (Å²) in [5.74, 6) is 2.38. The molecule has 15 atom stereocenters. The smallest absolute Gasteiger partial charge is 0.187 e. The first-order valence-electron chi connectivity index (χ1n) is 11.9. The molecular formula is C22H36O15. The van der Waals surface area contributed by atoms with E-state index in [9.17, 15) is 51.1 Å². The summed E-state index contributed by atoms with van der Waals surface area (Å²) in [7, 11) is 0. The van der Waals surface area contributed by atoms with Crippen LogP contribution < -0.4 is 0 Å². The molecule has 37 heavy (non-hydrogen) atoms. The van der Waals surface area contributed by atoms with Gasteiger partial charge in [-0.15, -0.1) is 12.3 Å². The van der Waals surface area contributed by atoms with Crippen LogP contribution in [0.5, 0.6) is 0 Å². The zero-order valence-electron chi connectivity index (χ0n) is 19.8.